The Labute approximate surface area is 273 Å². The summed E-state index contributed by atoms with van der Waals surface area (Å²) in [6.07, 6.45) is 0. The minimum absolute atomic E-state index is 1.14. The van der Waals surface area contributed by atoms with Crippen molar-refractivity contribution in [1.82, 2.24) is 4.57 Å². The number of rotatable bonds is 4. The fraction of sp³-hybridized carbons (Fsp3) is 0. The molecule has 0 atom stereocenters. The number of fused-ring (bicyclic) bond motifs is 9. The highest BCUT2D eigenvalue weighted by molar-refractivity contribution is 7.26. The Morgan fingerprint density at radius 1 is 0.413 bits per heavy atom. The van der Waals surface area contributed by atoms with Gasteiger partial charge < -0.3 is 9.47 Å². The van der Waals surface area contributed by atoms with E-state index in [9.17, 15) is 0 Å². The Hall–Kier alpha value is -5.42. The van der Waals surface area contributed by atoms with Gasteiger partial charge in [-0.25, -0.2) is 0 Å². The summed E-state index contributed by atoms with van der Waals surface area (Å²) in [5, 5.41) is 7.71. The van der Waals surface area contributed by atoms with Crippen LogP contribution in [0.4, 0.5) is 17.1 Å². The van der Waals surface area contributed by atoms with Gasteiger partial charge in [0.15, 0.2) is 0 Å². The first-order valence-corrected chi connectivity index (χ1v) is 17.2. The first kappa shape index (κ1) is 25.9. The second-order valence-corrected chi connectivity index (χ2v) is 13.9. The van der Waals surface area contributed by atoms with Crippen LogP contribution in [0.2, 0.25) is 0 Å². The zero-order valence-electron chi connectivity index (χ0n) is 24.7. The number of hydrogen-bond donors (Lipinski definition) is 0. The summed E-state index contributed by atoms with van der Waals surface area (Å²) in [5.74, 6) is 0. The van der Waals surface area contributed by atoms with Crippen LogP contribution in [0.15, 0.2) is 158 Å². The number of nitrogens with zero attached hydrogens (tertiary/aromatic N) is 2. The second-order valence-electron chi connectivity index (χ2n) is 11.7. The van der Waals surface area contributed by atoms with Crippen molar-refractivity contribution in [2.45, 2.75) is 0 Å². The lowest BCUT2D eigenvalue weighted by atomic mass is 10.1. The SMILES string of the molecule is c1ccc(-n2c3ccccc3c3ccc(N(c4cccc5c4sc4ccccc45)c4cccc5sc6ccccc6c45)cc32)cc1. The van der Waals surface area contributed by atoms with Crippen molar-refractivity contribution in [3.63, 3.8) is 0 Å². The van der Waals surface area contributed by atoms with Crippen LogP contribution in [-0.2, 0) is 0 Å². The van der Waals surface area contributed by atoms with Gasteiger partial charge in [-0.1, -0.05) is 97.1 Å². The highest BCUT2D eigenvalue weighted by atomic mass is 32.1. The van der Waals surface area contributed by atoms with Gasteiger partial charge in [-0.3, -0.25) is 0 Å². The van der Waals surface area contributed by atoms with Gasteiger partial charge in [-0.05, 0) is 60.7 Å². The summed E-state index contributed by atoms with van der Waals surface area (Å²) in [4.78, 5) is 2.51. The second kappa shape index (κ2) is 10.0. The Kier molecular flexibility index (Phi) is 5.65. The maximum atomic E-state index is 2.51. The van der Waals surface area contributed by atoms with Crippen molar-refractivity contribution in [2.24, 2.45) is 0 Å². The van der Waals surface area contributed by atoms with Crippen LogP contribution in [-0.4, -0.2) is 4.57 Å². The van der Waals surface area contributed by atoms with Crippen molar-refractivity contribution in [3.8, 4) is 5.69 Å². The molecule has 0 spiro atoms. The third kappa shape index (κ3) is 3.75. The van der Waals surface area contributed by atoms with Gasteiger partial charge in [0.25, 0.3) is 0 Å². The molecule has 3 heterocycles. The van der Waals surface area contributed by atoms with Gasteiger partial charge in [0, 0.05) is 57.8 Å². The molecule has 10 rings (SSSR count). The van der Waals surface area contributed by atoms with Crippen molar-refractivity contribution in [1.29, 1.82) is 0 Å². The van der Waals surface area contributed by atoms with Crippen molar-refractivity contribution < 1.29 is 0 Å². The number of thiophene rings is 2. The van der Waals surface area contributed by atoms with Crippen LogP contribution >= 0.6 is 22.7 Å². The Morgan fingerprint density at radius 3 is 1.91 bits per heavy atom. The smallest absolute Gasteiger partial charge is 0.0640 e. The predicted octanol–water partition coefficient (Wildman–Crippen LogP) is 13.0. The van der Waals surface area contributed by atoms with E-state index in [0.717, 1.165) is 11.4 Å². The Balaban J connectivity index is 1.33. The molecule has 0 aliphatic heterocycles. The van der Waals surface area contributed by atoms with Gasteiger partial charge in [0.05, 0.1) is 27.1 Å². The molecule has 0 radical (unpaired) electrons. The molecular weight excluding hydrogens is 597 g/mol. The lowest BCUT2D eigenvalue weighted by Gasteiger charge is -2.27. The topological polar surface area (TPSA) is 8.17 Å². The quantitative estimate of drug-likeness (QED) is 0.190. The molecule has 0 aliphatic carbocycles. The van der Waals surface area contributed by atoms with Crippen LogP contribution in [0.5, 0.6) is 0 Å². The maximum Gasteiger partial charge on any atom is 0.0640 e. The van der Waals surface area contributed by atoms with E-state index in [0.29, 0.717) is 0 Å². The van der Waals surface area contributed by atoms with E-state index in [1.807, 2.05) is 22.7 Å². The highest BCUT2D eigenvalue weighted by Crippen LogP contribution is 2.49. The van der Waals surface area contributed by atoms with Crippen LogP contribution in [0.3, 0.4) is 0 Å². The van der Waals surface area contributed by atoms with Gasteiger partial charge in [-0.2, -0.15) is 0 Å². The average molecular weight is 623 g/mol. The summed E-state index contributed by atoms with van der Waals surface area (Å²) in [6, 6.07) is 57.6. The maximum absolute atomic E-state index is 2.51. The molecule has 7 aromatic carbocycles. The summed E-state index contributed by atoms with van der Waals surface area (Å²) >= 11 is 3.75. The van der Waals surface area contributed by atoms with Gasteiger partial charge in [0.2, 0.25) is 0 Å². The number of aromatic nitrogens is 1. The van der Waals surface area contributed by atoms with E-state index in [-0.39, 0.29) is 0 Å². The summed E-state index contributed by atoms with van der Waals surface area (Å²) in [5.41, 5.74) is 7.10. The summed E-state index contributed by atoms with van der Waals surface area (Å²) < 4.78 is 7.62. The van der Waals surface area contributed by atoms with Crippen LogP contribution in [0, 0.1) is 0 Å². The minimum atomic E-state index is 1.14. The molecule has 46 heavy (non-hydrogen) atoms. The fourth-order valence-electron chi connectivity index (χ4n) is 7.21. The third-order valence-corrected chi connectivity index (χ3v) is 11.5. The lowest BCUT2D eigenvalue weighted by Crippen LogP contribution is -2.10. The summed E-state index contributed by atoms with van der Waals surface area (Å²) in [6.45, 7) is 0. The number of hydrogen-bond acceptors (Lipinski definition) is 3. The largest absolute Gasteiger partial charge is 0.309 e. The van der Waals surface area contributed by atoms with Crippen molar-refractivity contribution in [3.05, 3.63) is 158 Å². The molecule has 2 nitrogen and oxygen atoms in total. The zero-order valence-corrected chi connectivity index (χ0v) is 26.4. The Morgan fingerprint density at radius 2 is 1.04 bits per heavy atom. The summed E-state index contributed by atoms with van der Waals surface area (Å²) in [7, 11) is 0. The number of anilines is 3. The molecule has 10 aromatic rings. The van der Waals surface area contributed by atoms with Crippen LogP contribution in [0.25, 0.3) is 67.8 Å². The fourth-order valence-corrected chi connectivity index (χ4v) is 9.54. The molecule has 0 saturated carbocycles. The predicted molar refractivity (Wildman–Crippen MR) is 201 cm³/mol. The molecule has 216 valence electrons. The van der Waals surface area contributed by atoms with Crippen molar-refractivity contribution in [2.75, 3.05) is 4.90 Å². The minimum Gasteiger partial charge on any atom is -0.309 e. The van der Waals surface area contributed by atoms with Gasteiger partial charge >= 0.3 is 0 Å². The average Bonchev–Trinajstić information content (AvgIpc) is 3.79. The van der Waals surface area contributed by atoms with Crippen LogP contribution in [0.1, 0.15) is 0 Å². The zero-order chi connectivity index (χ0) is 30.2. The van der Waals surface area contributed by atoms with E-state index in [1.54, 1.807) is 0 Å². The van der Waals surface area contributed by atoms with E-state index in [1.165, 1.54) is 73.5 Å². The first-order chi connectivity index (χ1) is 22.8. The van der Waals surface area contributed by atoms with E-state index in [4.69, 9.17) is 0 Å². The van der Waals surface area contributed by atoms with Crippen LogP contribution < -0.4 is 4.90 Å². The highest BCUT2D eigenvalue weighted by Gasteiger charge is 2.23. The lowest BCUT2D eigenvalue weighted by molar-refractivity contribution is 1.18. The van der Waals surface area contributed by atoms with Crippen molar-refractivity contribution >= 4 is 102 Å². The monoisotopic (exact) mass is 622 g/mol. The molecule has 0 amide bonds. The molecule has 4 heteroatoms. The first-order valence-electron chi connectivity index (χ1n) is 15.5. The van der Waals surface area contributed by atoms with E-state index >= 15 is 0 Å². The number of para-hydroxylation sites is 2. The molecule has 3 aromatic heterocycles. The molecular formula is C42H26N2S2. The van der Waals surface area contributed by atoms with E-state index < -0.39 is 0 Å². The molecule has 0 N–H and O–H groups in total. The van der Waals surface area contributed by atoms with Gasteiger partial charge in [-0.15, -0.1) is 22.7 Å². The van der Waals surface area contributed by atoms with E-state index in [2.05, 4.69) is 167 Å². The normalized spacial score (nSPS) is 11.9. The molecule has 0 aliphatic rings. The molecule has 0 bridgehead atoms. The molecule has 0 saturated heterocycles. The standard InChI is InChI=1S/C42H26N2S2/c1-2-12-27(13-3-1)43-34-18-7-4-14-29(34)30-25-24-28(26-37(30)43)44(35-19-11-23-40-41(35)33-16-6-9-22-39(33)45-40)36-20-10-17-32-31-15-5-8-21-38(31)46-42(32)36/h1-26H. The third-order valence-electron chi connectivity index (χ3n) is 9.18. The van der Waals surface area contributed by atoms with Gasteiger partial charge in [0.1, 0.15) is 0 Å². The molecule has 0 unspecified atom stereocenters. The molecule has 0 fully saturated rings. The number of benzene rings is 7. The Bertz CT molecular complexity index is 2770.